The van der Waals surface area contributed by atoms with Crippen LogP contribution in [0.25, 0.3) is 0 Å². The number of carbonyl (C=O) groups is 2. The van der Waals surface area contributed by atoms with Crippen molar-refractivity contribution < 1.29 is 19.4 Å². The monoisotopic (exact) mass is 332 g/mol. The Bertz CT molecular complexity index is 294. The number of carbonyl (C=O) groups excluding carboxylic acids is 1. The summed E-state index contributed by atoms with van der Waals surface area (Å²) in [5.74, 6) is -0.742. The van der Waals surface area contributed by atoms with E-state index >= 15 is 0 Å². The van der Waals surface area contributed by atoms with Crippen molar-refractivity contribution in [1.82, 2.24) is 0 Å². The molecule has 0 saturated carbocycles. The second kappa shape index (κ2) is 15.2. The second-order valence-corrected chi connectivity index (χ2v) is 6.66. The van der Waals surface area contributed by atoms with Crippen molar-refractivity contribution >= 4 is 23.7 Å². The summed E-state index contributed by atoms with van der Waals surface area (Å²) in [6.07, 6.45) is 12.3. The molecule has 0 heterocycles. The van der Waals surface area contributed by atoms with Crippen LogP contribution in [0.15, 0.2) is 0 Å². The fourth-order valence-corrected chi connectivity index (χ4v) is 2.71. The minimum absolute atomic E-state index is 0.332. The molecule has 4 nitrogen and oxygen atoms in total. The van der Waals surface area contributed by atoms with Crippen LogP contribution in [0.3, 0.4) is 0 Å². The molecule has 1 N–H and O–H groups in total. The van der Waals surface area contributed by atoms with Gasteiger partial charge in [-0.15, -0.1) is 0 Å². The van der Waals surface area contributed by atoms with E-state index in [1.807, 2.05) is 6.26 Å². The normalized spacial score (nSPS) is 12.1. The molecule has 0 aromatic carbocycles. The van der Waals surface area contributed by atoms with Gasteiger partial charge in [0.2, 0.25) is 0 Å². The van der Waals surface area contributed by atoms with E-state index in [1.165, 1.54) is 38.5 Å². The number of carboxylic acids is 1. The predicted octanol–water partition coefficient (Wildman–Crippen LogP) is 4.66. The Morgan fingerprint density at radius 1 is 1.00 bits per heavy atom. The van der Waals surface area contributed by atoms with Crippen molar-refractivity contribution in [3.8, 4) is 0 Å². The zero-order valence-corrected chi connectivity index (χ0v) is 15.0. The standard InChI is InChI=1S/C17H32O4S/c1-3-4-5-6-7-8-9-10-11-12-16(18)21-15(17(19)20)13-14-22-2/h15H,3-14H2,1-2H3,(H,19,20). The largest absolute Gasteiger partial charge is 0.479 e. The van der Waals surface area contributed by atoms with E-state index in [9.17, 15) is 9.59 Å². The lowest BCUT2D eigenvalue weighted by Gasteiger charge is -2.13. The molecule has 0 aromatic rings. The van der Waals surface area contributed by atoms with Crippen molar-refractivity contribution in [3.05, 3.63) is 0 Å². The highest BCUT2D eigenvalue weighted by molar-refractivity contribution is 7.98. The molecule has 0 radical (unpaired) electrons. The minimum Gasteiger partial charge on any atom is -0.479 e. The molecule has 1 unspecified atom stereocenters. The number of esters is 1. The van der Waals surface area contributed by atoms with Gasteiger partial charge in [0.05, 0.1) is 0 Å². The van der Waals surface area contributed by atoms with Gasteiger partial charge in [0.15, 0.2) is 6.10 Å². The fraction of sp³-hybridized carbons (Fsp3) is 0.882. The molecule has 0 spiro atoms. The maximum atomic E-state index is 11.6. The van der Waals surface area contributed by atoms with E-state index in [2.05, 4.69) is 6.92 Å². The summed E-state index contributed by atoms with van der Waals surface area (Å²) in [4.78, 5) is 22.6. The average molecular weight is 333 g/mol. The van der Waals surface area contributed by atoms with Crippen LogP contribution in [-0.2, 0) is 14.3 Å². The van der Waals surface area contributed by atoms with Gasteiger partial charge in [0, 0.05) is 12.8 Å². The summed E-state index contributed by atoms with van der Waals surface area (Å²) in [5.41, 5.74) is 0. The molecule has 1 atom stereocenters. The molecule has 0 bridgehead atoms. The summed E-state index contributed by atoms with van der Waals surface area (Å²) in [7, 11) is 0. The first-order valence-electron chi connectivity index (χ1n) is 8.53. The fourth-order valence-electron chi connectivity index (χ4n) is 2.26. The number of aliphatic carboxylic acids is 1. The van der Waals surface area contributed by atoms with Crippen LogP contribution in [0, 0.1) is 0 Å². The van der Waals surface area contributed by atoms with Crippen LogP contribution in [0.4, 0.5) is 0 Å². The number of ether oxygens (including phenoxy) is 1. The first-order chi connectivity index (χ1) is 10.6. The van der Waals surface area contributed by atoms with Gasteiger partial charge in [0.1, 0.15) is 0 Å². The van der Waals surface area contributed by atoms with Crippen molar-refractivity contribution in [1.29, 1.82) is 0 Å². The van der Waals surface area contributed by atoms with Crippen LogP contribution < -0.4 is 0 Å². The first kappa shape index (κ1) is 21.3. The lowest BCUT2D eigenvalue weighted by molar-refractivity contribution is -0.164. The third-order valence-corrected chi connectivity index (χ3v) is 4.26. The highest BCUT2D eigenvalue weighted by atomic mass is 32.2. The van der Waals surface area contributed by atoms with Gasteiger partial charge >= 0.3 is 11.9 Å². The maximum absolute atomic E-state index is 11.6. The Labute approximate surface area is 139 Å². The van der Waals surface area contributed by atoms with E-state index < -0.39 is 12.1 Å². The molecule has 0 saturated heterocycles. The summed E-state index contributed by atoms with van der Waals surface area (Å²) in [6, 6.07) is 0. The molecule has 130 valence electrons. The Balaban J connectivity index is 3.57. The van der Waals surface area contributed by atoms with Crippen LogP contribution >= 0.6 is 11.8 Å². The highest BCUT2D eigenvalue weighted by Gasteiger charge is 2.21. The zero-order chi connectivity index (χ0) is 16.6. The van der Waals surface area contributed by atoms with E-state index in [0.29, 0.717) is 18.6 Å². The average Bonchev–Trinajstić information content (AvgIpc) is 2.49. The molecule has 0 aliphatic heterocycles. The van der Waals surface area contributed by atoms with Gasteiger partial charge in [-0.05, 0) is 18.4 Å². The lowest BCUT2D eigenvalue weighted by atomic mass is 10.1. The van der Waals surface area contributed by atoms with Crippen LogP contribution in [0.1, 0.15) is 77.6 Å². The van der Waals surface area contributed by atoms with Gasteiger partial charge in [-0.25, -0.2) is 4.79 Å². The topological polar surface area (TPSA) is 63.6 Å². The van der Waals surface area contributed by atoms with Crippen LogP contribution in [0.5, 0.6) is 0 Å². The van der Waals surface area contributed by atoms with Gasteiger partial charge in [-0.1, -0.05) is 58.3 Å². The number of thioether (sulfide) groups is 1. The van der Waals surface area contributed by atoms with Gasteiger partial charge in [-0.3, -0.25) is 4.79 Å². The third kappa shape index (κ3) is 13.0. The van der Waals surface area contributed by atoms with Gasteiger partial charge in [0.25, 0.3) is 0 Å². The quantitative estimate of drug-likeness (QED) is 0.349. The summed E-state index contributed by atoms with van der Waals surface area (Å²) in [6.45, 7) is 2.22. The molecule has 5 heteroatoms. The minimum atomic E-state index is -1.05. The summed E-state index contributed by atoms with van der Waals surface area (Å²) >= 11 is 1.55. The lowest BCUT2D eigenvalue weighted by Crippen LogP contribution is -2.27. The van der Waals surface area contributed by atoms with Crippen LogP contribution in [0.2, 0.25) is 0 Å². The molecule has 0 aromatic heterocycles. The number of rotatable bonds is 15. The van der Waals surface area contributed by atoms with Gasteiger partial charge in [-0.2, -0.15) is 11.8 Å². The molecule has 0 fully saturated rings. The Morgan fingerprint density at radius 2 is 1.55 bits per heavy atom. The number of hydrogen-bond donors (Lipinski definition) is 1. The summed E-state index contributed by atoms with van der Waals surface area (Å²) < 4.78 is 5.03. The zero-order valence-electron chi connectivity index (χ0n) is 14.1. The molecule has 22 heavy (non-hydrogen) atoms. The highest BCUT2D eigenvalue weighted by Crippen LogP contribution is 2.12. The molecule has 0 aliphatic carbocycles. The van der Waals surface area contributed by atoms with Gasteiger partial charge < -0.3 is 9.84 Å². The second-order valence-electron chi connectivity index (χ2n) is 5.68. The van der Waals surface area contributed by atoms with E-state index in [1.54, 1.807) is 11.8 Å². The molecular weight excluding hydrogens is 300 g/mol. The number of hydrogen-bond acceptors (Lipinski definition) is 4. The van der Waals surface area contributed by atoms with Crippen molar-refractivity contribution in [2.24, 2.45) is 0 Å². The van der Waals surface area contributed by atoms with E-state index in [4.69, 9.17) is 9.84 Å². The maximum Gasteiger partial charge on any atom is 0.345 e. The first-order valence-corrected chi connectivity index (χ1v) is 9.92. The Morgan fingerprint density at radius 3 is 2.05 bits per heavy atom. The van der Waals surface area contributed by atoms with Crippen molar-refractivity contribution in [2.75, 3.05) is 12.0 Å². The van der Waals surface area contributed by atoms with Crippen LogP contribution in [-0.4, -0.2) is 35.2 Å². The molecule has 0 aliphatic rings. The van der Waals surface area contributed by atoms with E-state index in [-0.39, 0.29) is 5.97 Å². The Kier molecular flexibility index (Phi) is 14.7. The molecular formula is C17H32O4S. The van der Waals surface area contributed by atoms with E-state index in [0.717, 1.165) is 19.3 Å². The SMILES string of the molecule is CCCCCCCCCCCC(=O)OC(CCSC)C(=O)O. The number of unbranched alkanes of at least 4 members (excludes halogenated alkanes) is 8. The summed E-state index contributed by atoms with van der Waals surface area (Å²) in [5, 5.41) is 8.99. The van der Waals surface area contributed by atoms with Crippen molar-refractivity contribution in [2.45, 2.75) is 83.7 Å². The molecule has 0 amide bonds. The van der Waals surface area contributed by atoms with Crippen molar-refractivity contribution in [3.63, 3.8) is 0 Å². The third-order valence-electron chi connectivity index (χ3n) is 3.62. The predicted molar refractivity (Wildman–Crippen MR) is 92.4 cm³/mol. The molecule has 0 rings (SSSR count). The number of carboxylic acid groups (broad SMARTS) is 1. The Hall–Kier alpha value is -0.710. The smallest absolute Gasteiger partial charge is 0.345 e.